The normalized spacial score (nSPS) is 12.9. The summed E-state index contributed by atoms with van der Waals surface area (Å²) in [5.41, 5.74) is 7.16. The zero-order valence-corrected chi connectivity index (χ0v) is 10.6. The fourth-order valence-electron chi connectivity index (χ4n) is 2.66. The van der Waals surface area contributed by atoms with E-state index in [1.165, 1.54) is 10.8 Å². The molecule has 0 radical (unpaired) electrons. The predicted molar refractivity (Wildman–Crippen MR) is 79.0 cm³/mol. The van der Waals surface area contributed by atoms with Crippen LogP contribution in [-0.2, 0) is 0 Å². The van der Waals surface area contributed by atoms with Crippen LogP contribution in [0.3, 0.4) is 0 Å². The van der Waals surface area contributed by atoms with Gasteiger partial charge in [0.15, 0.2) is 0 Å². The van der Waals surface area contributed by atoms with E-state index in [-0.39, 0.29) is 12.7 Å². The summed E-state index contributed by atoms with van der Waals surface area (Å²) in [6.07, 6.45) is 0.363. The molecule has 1 nitrogen and oxygen atoms in total. The fraction of sp³-hybridized carbons (Fsp3) is 0.176. The number of fused-ring (bicyclic) bond motifs is 3. The van der Waals surface area contributed by atoms with Crippen molar-refractivity contribution in [3.8, 4) is 0 Å². The maximum Gasteiger partial charge on any atom is 0.0912 e. The van der Waals surface area contributed by atoms with Crippen molar-refractivity contribution in [1.29, 1.82) is 0 Å². The van der Waals surface area contributed by atoms with E-state index in [4.69, 9.17) is 5.73 Å². The lowest BCUT2D eigenvalue weighted by molar-refractivity contribution is 0.443. The van der Waals surface area contributed by atoms with E-state index in [2.05, 4.69) is 30.3 Å². The van der Waals surface area contributed by atoms with Gasteiger partial charge in [-0.15, -0.1) is 0 Å². The van der Waals surface area contributed by atoms with Crippen molar-refractivity contribution in [2.24, 2.45) is 5.73 Å². The number of halogens is 1. The zero-order valence-electron chi connectivity index (χ0n) is 10.6. The summed E-state index contributed by atoms with van der Waals surface area (Å²) < 4.78 is 12.6. The van der Waals surface area contributed by atoms with Crippen LogP contribution in [0.2, 0.25) is 0 Å². The Bertz CT molecular complexity index is 721. The van der Waals surface area contributed by atoms with Crippen LogP contribution in [0.5, 0.6) is 0 Å². The maximum atomic E-state index is 12.6. The highest BCUT2D eigenvalue weighted by molar-refractivity contribution is 6.09. The van der Waals surface area contributed by atoms with E-state index >= 15 is 0 Å². The third-order valence-corrected chi connectivity index (χ3v) is 3.62. The Kier molecular flexibility index (Phi) is 3.18. The molecule has 0 saturated carbocycles. The third-order valence-electron chi connectivity index (χ3n) is 3.62. The van der Waals surface area contributed by atoms with Crippen molar-refractivity contribution in [1.82, 2.24) is 0 Å². The minimum atomic E-state index is -0.387. The van der Waals surface area contributed by atoms with Gasteiger partial charge < -0.3 is 5.73 Å². The van der Waals surface area contributed by atoms with E-state index < -0.39 is 0 Å². The van der Waals surface area contributed by atoms with Gasteiger partial charge in [-0.3, -0.25) is 4.39 Å². The smallest absolute Gasteiger partial charge is 0.0912 e. The van der Waals surface area contributed by atoms with E-state index in [0.717, 1.165) is 16.3 Å². The highest BCUT2D eigenvalue weighted by Crippen LogP contribution is 2.32. The molecular formula is C17H16FN. The first-order chi connectivity index (χ1) is 9.31. The third kappa shape index (κ3) is 2.08. The van der Waals surface area contributed by atoms with Crippen molar-refractivity contribution in [3.63, 3.8) is 0 Å². The van der Waals surface area contributed by atoms with Crippen molar-refractivity contribution in [3.05, 3.63) is 60.2 Å². The van der Waals surface area contributed by atoms with Gasteiger partial charge in [0.05, 0.1) is 6.67 Å². The Hall–Kier alpha value is -1.93. The number of hydrogen-bond donors (Lipinski definition) is 1. The van der Waals surface area contributed by atoms with Crippen LogP contribution in [0.25, 0.3) is 21.5 Å². The summed E-state index contributed by atoms with van der Waals surface area (Å²) in [5, 5.41) is 4.69. The van der Waals surface area contributed by atoms with Gasteiger partial charge >= 0.3 is 0 Å². The SMILES string of the molecule is N[C@@H](CCF)c1cc2ccccc2c2ccccc12. The summed E-state index contributed by atoms with van der Waals surface area (Å²) in [4.78, 5) is 0. The largest absolute Gasteiger partial charge is 0.324 e. The molecule has 2 N–H and O–H groups in total. The van der Waals surface area contributed by atoms with Gasteiger partial charge in [-0.1, -0.05) is 48.5 Å². The quantitative estimate of drug-likeness (QED) is 0.690. The summed E-state index contributed by atoms with van der Waals surface area (Å²) in [6.45, 7) is -0.387. The minimum absolute atomic E-state index is 0.250. The molecule has 1 atom stereocenters. The Morgan fingerprint density at radius 2 is 1.53 bits per heavy atom. The fourth-order valence-corrected chi connectivity index (χ4v) is 2.66. The average molecular weight is 253 g/mol. The van der Waals surface area contributed by atoms with Gasteiger partial charge in [0.1, 0.15) is 0 Å². The van der Waals surface area contributed by atoms with Crippen molar-refractivity contribution >= 4 is 21.5 Å². The monoisotopic (exact) mass is 253 g/mol. The lowest BCUT2D eigenvalue weighted by Gasteiger charge is -2.15. The van der Waals surface area contributed by atoms with Crippen LogP contribution < -0.4 is 5.73 Å². The molecule has 0 saturated heterocycles. The number of benzene rings is 3. The molecule has 0 heterocycles. The molecule has 0 bridgehead atoms. The molecule has 2 heteroatoms. The molecule has 19 heavy (non-hydrogen) atoms. The predicted octanol–water partition coefficient (Wildman–Crippen LogP) is 4.35. The summed E-state index contributed by atoms with van der Waals surface area (Å²) in [6, 6.07) is 18.3. The molecule has 0 aliphatic carbocycles. The van der Waals surface area contributed by atoms with Crippen LogP contribution in [0.15, 0.2) is 54.6 Å². The Balaban J connectivity index is 2.35. The molecular weight excluding hydrogens is 237 g/mol. The molecule has 0 spiro atoms. The van der Waals surface area contributed by atoms with Crippen LogP contribution in [-0.4, -0.2) is 6.67 Å². The van der Waals surface area contributed by atoms with Gasteiger partial charge in [0.2, 0.25) is 0 Å². The number of nitrogens with two attached hydrogens (primary N) is 1. The molecule has 0 fully saturated rings. The first-order valence-corrected chi connectivity index (χ1v) is 6.53. The highest BCUT2D eigenvalue weighted by Gasteiger charge is 2.12. The molecule has 0 amide bonds. The number of rotatable bonds is 3. The summed E-state index contributed by atoms with van der Waals surface area (Å²) in [7, 11) is 0. The van der Waals surface area contributed by atoms with Crippen LogP contribution in [0.4, 0.5) is 4.39 Å². The average Bonchev–Trinajstić information content (AvgIpc) is 2.46. The molecule has 96 valence electrons. The van der Waals surface area contributed by atoms with Gasteiger partial charge in [0.25, 0.3) is 0 Å². The van der Waals surface area contributed by atoms with Gasteiger partial charge in [-0.25, -0.2) is 0 Å². The standard InChI is InChI=1S/C17H16FN/c18-10-9-17(19)16-11-12-5-1-2-6-13(12)14-7-3-4-8-15(14)16/h1-8,11,17H,9-10,19H2/t17-/m0/s1. The van der Waals surface area contributed by atoms with Crippen molar-refractivity contribution < 1.29 is 4.39 Å². The summed E-state index contributed by atoms with van der Waals surface area (Å²) >= 11 is 0. The molecule has 0 aliphatic rings. The van der Waals surface area contributed by atoms with Gasteiger partial charge in [-0.2, -0.15) is 0 Å². The minimum Gasteiger partial charge on any atom is -0.324 e. The maximum absolute atomic E-state index is 12.6. The first-order valence-electron chi connectivity index (χ1n) is 6.53. The topological polar surface area (TPSA) is 26.0 Å². The van der Waals surface area contributed by atoms with Crippen LogP contribution >= 0.6 is 0 Å². The van der Waals surface area contributed by atoms with E-state index in [1.807, 2.05) is 24.3 Å². The summed E-state index contributed by atoms with van der Waals surface area (Å²) in [5.74, 6) is 0. The number of alkyl halides is 1. The Morgan fingerprint density at radius 1 is 0.895 bits per heavy atom. The number of hydrogen-bond acceptors (Lipinski definition) is 1. The second-order valence-electron chi connectivity index (χ2n) is 4.82. The lowest BCUT2D eigenvalue weighted by Crippen LogP contribution is -2.11. The van der Waals surface area contributed by atoms with E-state index in [1.54, 1.807) is 0 Å². The van der Waals surface area contributed by atoms with Crippen molar-refractivity contribution in [2.75, 3.05) is 6.67 Å². The first kappa shape index (κ1) is 12.1. The van der Waals surface area contributed by atoms with Gasteiger partial charge in [-0.05, 0) is 39.6 Å². The molecule has 0 unspecified atom stereocenters. The molecule has 0 aliphatic heterocycles. The van der Waals surface area contributed by atoms with E-state index in [0.29, 0.717) is 6.42 Å². The molecule has 0 aromatic heterocycles. The van der Waals surface area contributed by atoms with Crippen LogP contribution in [0, 0.1) is 0 Å². The highest BCUT2D eigenvalue weighted by atomic mass is 19.1. The molecule has 3 aromatic carbocycles. The van der Waals surface area contributed by atoms with Gasteiger partial charge in [0, 0.05) is 6.04 Å². The molecule has 3 rings (SSSR count). The second kappa shape index (κ2) is 4.98. The van der Waals surface area contributed by atoms with Crippen LogP contribution in [0.1, 0.15) is 18.0 Å². The second-order valence-corrected chi connectivity index (χ2v) is 4.82. The van der Waals surface area contributed by atoms with Crippen molar-refractivity contribution in [2.45, 2.75) is 12.5 Å². The molecule has 3 aromatic rings. The zero-order chi connectivity index (χ0) is 13.2. The Labute approximate surface area is 111 Å². The Morgan fingerprint density at radius 3 is 2.26 bits per heavy atom. The van der Waals surface area contributed by atoms with E-state index in [9.17, 15) is 4.39 Å². The lowest BCUT2D eigenvalue weighted by atomic mass is 9.93.